The Morgan fingerprint density at radius 3 is 2.53 bits per heavy atom. The summed E-state index contributed by atoms with van der Waals surface area (Å²) < 4.78 is 29.6. The number of aromatic nitrogens is 1. The van der Waals surface area contributed by atoms with Crippen molar-refractivity contribution in [2.24, 2.45) is 5.92 Å². The number of fused-ring (bicyclic) bond motifs is 1. The average Bonchev–Trinajstić information content (AvgIpc) is 3.52. The van der Waals surface area contributed by atoms with Crippen molar-refractivity contribution < 1.29 is 13.2 Å². The third-order valence-electron chi connectivity index (χ3n) is 7.32. The number of nitrogens with zero attached hydrogens (tertiary/aromatic N) is 2. The number of hydrogen-bond donors (Lipinski definition) is 1. The number of nitrogens with one attached hydrogen (secondary N) is 1. The Morgan fingerprint density at radius 1 is 1.00 bits per heavy atom. The minimum Gasteiger partial charge on any atom is -0.361 e. The van der Waals surface area contributed by atoms with Crippen LogP contribution in [0, 0.1) is 9.49 Å². The molecule has 2 fully saturated rings. The van der Waals surface area contributed by atoms with Gasteiger partial charge in [0.15, 0.2) is 5.78 Å². The molecule has 5 rings (SSSR count). The second-order valence-corrected chi connectivity index (χ2v) is 12.6. The molecule has 8 heteroatoms. The van der Waals surface area contributed by atoms with Crippen molar-refractivity contribution in [3.8, 4) is 0 Å². The van der Waals surface area contributed by atoms with E-state index in [0.29, 0.717) is 11.4 Å². The van der Waals surface area contributed by atoms with Gasteiger partial charge in [-0.25, -0.2) is 8.42 Å². The van der Waals surface area contributed by atoms with Gasteiger partial charge in [-0.15, -0.1) is 0 Å². The monoisotopic (exact) mass is 591 g/mol. The van der Waals surface area contributed by atoms with Gasteiger partial charge in [0.25, 0.3) is 0 Å². The van der Waals surface area contributed by atoms with Crippen LogP contribution in [0.2, 0.25) is 0 Å². The second kappa shape index (κ2) is 10.1. The number of hydrogen-bond acceptors (Lipinski definition) is 4. The van der Waals surface area contributed by atoms with E-state index in [2.05, 4.69) is 32.5 Å². The van der Waals surface area contributed by atoms with E-state index in [1.54, 1.807) is 16.4 Å². The predicted molar refractivity (Wildman–Crippen MR) is 142 cm³/mol. The number of sulfonamides is 1. The minimum absolute atomic E-state index is 0.0375. The highest BCUT2D eigenvalue weighted by atomic mass is 127. The third-order valence-corrected chi connectivity index (χ3v) is 9.99. The predicted octanol–water partition coefficient (Wildman–Crippen LogP) is 4.91. The molecule has 0 spiro atoms. The molecular weight excluding hydrogens is 561 g/mol. The first-order chi connectivity index (χ1) is 16.4. The maximum atomic E-state index is 13.4. The molecule has 2 aliphatic heterocycles. The van der Waals surface area contributed by atoms with Gasteiger partial charge in [-0.3, -0.25) is 4.79 Å². The van der Waals surface area contributed by atoms with Gasteiger partial charge in [0, 0.05) is 39.4 Å². The van der Waals surface area contributed by atoms with Crippen LogP contribution in [0.25, 0.3) is 10.9 Å². The van der Waals surface area contributed by atoms with E-state index in [-0.39, 0.29) is 17.7 Å². The number of benzene rings is 2. The Balaban J connectivity index is 1.17. The lowest BCUT2D eigenvalue weighted by Gasteiger charge is -2.33. The number of ketones is 1. The Kier molecular flexibility index (Phi) is 7.11. The smallest absolute Gasteiger partial charge is 0.243 e. The summed E-state index contributed by atoms with van der Waals surface area (Å²) in [5, 5.41) is 1.01. The first-order valence-electron chi connectivity index (χ1n) is 12.0. The zero-order valence-corrected chi connectivity index (χ0v) is 22.1. The Morgan fingerprint density at radius 2 is 1.76 bits per heavy atom. The van der Waals surface area contributed by atoms with Crippen LogP contribution in [-0.2, 0) is 10.0 Å². The van der Waals surface area contributed by atoms with Gasteiger partial charge in [-0.2, -0.15) is 4.31 Å². The summed E-state index contributed by atoms with van der Waals surface area (Å²) in [6.45, 7) is 3.24. The molecule has 3 aromatic rings. The molecule has 0 unspecified atom stereocenters. The molecule has 1 aromatic heterocycles. The van der Waals surface area contributed by atoms with Crippen molar-refractivity contribution >= 4 is 49.3 Å². The molecule has 0 aliphatic carbocycles. The molecule has 6 nitrogen and oxygen atoms in total. The van der Waals surface area contributed by atoms with Gasteiger partial charge in [0.2, 0.25) is 10.0 Å². The van der Waals surface area contributed by atoms with E-state index in [0.717, 1.165) is 71.8 Å². The Labute approximate surface area is 214 Å². The molecule has 0 radical (unpaired) electrons. The van der Waals surface area contributed by atoms with E-state index >= 15 is 0 Å². The fraction of sp³-hybridized carbons (Fsp3) is 0.423. The fourth-order valence-electron chi connectivity index (χ4n) is 5.34. The summed E-state index contributed by atoms with van der Waals surface area (Å²) in [6, 6.07) is 15.1. The molecule has 180 valence electrons. The SMILES string of the molecule is O=C(c1ccc(I)cc1)C1CCN(CC[C@H]2CCCN2S(=O)(=O)c2ccc3cc[nH]c3c2)CC1. The van der Waals surface area contributed by atoms with Crippen LogP contribution in [0.3, 0.4) is 0 Å². The normalized spacial score (nSPS) is 20.8. The third kappa shape index (κ3) is 4.96. The number of carbonyl (C=O) groups is 1. The standard InChI is InChI=1S/C26H30IN3O3S/c27-22-6-3-20(4-7-22)26(31)21-10-15-29(16-11-21)17-12-23-2-1-14-30(23)34(32,33)24-8-5-19-9-13-28-25(19)18-24/h3-9,13,18,21,23,28H,1-2,10-12,14-17H2/t23-/m1/s1. The zero-order chi connectivity index (χ0) is 23.7. The van der Waals surface area contributed by atoms with Crippen LogP contribution in [0.1, 0.15) is 42.5 Å². The maximum Gasteiger partial charge on any atom is 0.243 e. The average molecular weight is 592 g/mol. The van der Waals surface area contributed by atoms with Crippen LogP contribution >= 0.6 is 22.6 Å². The van der Waals surface area contributed by atoms with Gasteiger partial charge in [-0.1, -0.05) is 18.2 Å². The molecule has 0 amide bonds. The quantitative estimate of drug-likeness (QED) is 0.313. The molecule has 1 atom stereocenters. The van der Waals surface area contributed by atoms with E-state index in [1.807, 2.05) is 42.6 Å². The molecular formula is C26H30IN3O3S. The van der Waals surface area contributed by atoms with E-state index in [1.165, 1.54) is 0 Å². The van der Waals surface area contributed by atoms with Crippen LogP contribution in [0.15, 0.2) is 59.6 Å². The molecule has 0 bridgehead atoms. The van der Waals surface area contributed by atoms with E-state index < -0.39 is 10.0 Å². The highest BCUT2D eigenvalue weighted by Crippen LogP contribution is 2.30. The van der Waals surface area contributed by atoms with Crippen LogP contribution in [0.5, 0.6) is 0 Å². The highest BCUT2D eigenvalue weighted by molar-refractivity contribution is 14.1. The number of carbonyl (C=O) groups excluding carboxylic acids is 1. The highest BCUT2D eigenvalue weighted by Gasteiger charge is 2.36. The lowest BCUT2D eigenvalue weighted by Crippen LogP contribution is -2.41. The molecule has 34 heavy (non-hydrogen) atoms. The van der Waals surface area contributed by atoms with Gasteiger partial charge >= 0.3 is 0 Å². The number of likely N-dealkylation sites (tertiary alicyclic amines) is 1. The number of Topliss-reactive ketones (excluding diaryl/α,β-unsaturated/α-hetero) is 1. The van der Waals surface area contributed by atoms with Gasteiger partial charge in [-0.05, 0) is 110 Å². The van der Waals surface area contributed by atoms with Gasteiger partial charge in [0.05, 0.1) is 4.90 Å². The molecule has 0 saturated carbocycles. The summed E-state index contributed by atoms with van der Waals surface area (Å²) in [6.07, 6.45) is 6.21. The molecule has 3 heterocycles. The summed E-state index contributed by atoms with van der Waals surface area (Å²) in [7, 11) is -3.51. The fourth-order valence-corrected chi connectivity index (χ4v) is 7.45. The van der Waals surface area contributed by atoms with Gasteiger partial charge < -0.3 is 9.88 Å². The summed E-state index contributed by atoms with van der Waals surface area (Å²) in [5.41, 5.74) is 1.66. The van der Waals surface area contributed by atoms with Crippen molar-refractivity contribution in [1.82, 2.24) is 14.2 Å². The van der Waals surface area contributed by atoms with Crippen LogP contribution < -0.4 is 0 Å². The number of aromatic amines is 1. The summed E-state index contributed by atoms with van der Waals surface area (Å²) in [5.74, 6) is 0.339. The molecule has 1 N–H and O–H groups in total. The summed E-state index contributed by atoms with van der Waals surface area (Å²) in [4.78, 5) is 18.7. The van der Waals surface area contributed by atoms with Crippen LogP contribution in [-0.4, -0.2) is 60.6 Å². The zero-order valence-electron chi connectivity index (χ0n) is 19.1. The number of halogens is 1. The number of rotatable bonds is 7. The number of H-pyrrole nitrogens is 1. The number of piperidine rings is 1. The Hall–Kier alpha value is -1.75. The van der Waals surface area contributed by atoms with Crippen molar-refractivity contribution in [3.63, 3.8) is 0 Å². The van der Waals surface area contributed by atoms with Crippen molar-refractivity contribution in [1.29, 1.82) is 0 Å². The van der Waals surface area contributed by atoms with E-state index in [9.17, 15) is 13.2 Å². The molecule has 2 saturated heterocycles. The Bertz CT molecular complexity index is 1260. The largest absolute Gasteiger partial charge is 0.361 e. The van der Waals surface area contributed by atoms with Gasteiger partial charge in [0.1, 0.15) is 0 Å². The van der Waals surface area contributed by atoms with Crippen molar-refractivity contribution in [3.05, 3.63) is 63.9 Å². The molecule has 2 aromatic carbocycles. The minimum atomic E-state index is -3.51. The van der Waals surface area contributed by atoms with Crippen molar-refractivity contribution in [2.45, 2.75) is 43.0 Å². The maximum absolute atomic E-state index is 13.4. The first-order valence-corrected chi connectivity index (χ1v) is 14.5. The second-order valence-electron chi connectivity index (χ2n) is 9.41. The lowest BCUT2D eigenvalue weighted by atomic mass is 9.89. The topological polar surface area (TPSA) is 73.5 Å². The van der Waals surface area contributed by atoms with E-state index in [4.69, 9.17) is 0 Å². The lowest BCUT2D eigenvalue weighted by molar-refractivity contribution is 0.0835. The van der Waals surface area contributed by atoms with Crippen molar-refractivity contribution in [2.75, 3.05) is 26.2 Å². The van der Waals surface area contributed by atoms with Crippen LogP contribution in [0.4, 0.5) is 0 Å². The first kappa shape index (κ1) is 24.0. The molecule has 2 aliphatic rings. The summed E-state index contributed by atoms with van der Waals surface area (Å²) >= 11 is 2.25.